The number of carbonyl (C=O) groups is 2. The number of hydrogen-bond donors (Lipinski definition) is 2. The Morgan fingerprint density at radius 2 is 1.80 bits per heavy atom. The highest BCUT2D eigenvalue weighted by Gasteiger charge is 2.36. The number of benzene rings is 2. The first kappa shape index (κ1) is 20.7. The van der Waals surface area contributed by atoms with E-state index in [1.807, 2.05) is 37.3 Å². The lowest BCUT2D eigenvalue weighted by Crippen LogP contribution is -2.21. The highest BCUT2D eigenvalue weighted by Crippen LogP contribution is 2.50. The predicted octanol–water partition coefficient (Wildman–Crippen LogP) is 6.29. The van der Waals surface area contributed by atoms with Gasteiger partial charge in [0.05, 0.1) is 15.7 Å². The number of nitrogen functional groups attached to an aromatic ring is 1. The van der Waals surface area contributed by atoms with Gasteiger partial charge in [-0.2, -0.15) is 0 Å². The van der Waals surface area contributed by atoms with Gasteiger partial charge in [-0.15, -0.1) is 11.3 Å². The topological polar surface area (TPSA) is 72.2 Å². The third-order valence-corrected chi connectivity index (χ3v) is 6.86. The molecular weight excluding hydrogens is 439 g/mol. The van der Waals surface area contributed by atoms with Crippen molar-refractivity contribution in [1.29, 1.82) is 0 Å². The summed E-state index contributed by atoms with van der Waals surface area (Å²) in [6.07, 6.45) is 0. The number of carbonyl (C=O) groups excluding carboxylic acids is 2. The highest BCUT2D eigenvalue weighted by molar-refractivity contribution is 7.19. The Kier molecular flexibility index (Phi) is 5.45. The molecule has 0 saturated heterocycles. The number of rotatable bonds is 4. The Labute approximate surface area is 188 Å². The Morgan fingerprint density at radius 1 is 1.10 bits per heavy atom. The van der Waals surface area contributed by atoms with Crippen LogP contribution in [0.5, 0.6) is 0 Å². The summed E-state index contributed by atoms with van der Waals surface area (Å²) in [6, 6.07) is 14.4. The van der Waals surface area contributed by atoms with Gasteiger partial charge in [0.1, 0.15) is 4.88 Å². The lowest BCUT2D eigenvalue weighted by molar-refractivity contribution is -0.113. The molecule has 1 aromatic heterocycles. The van der Waals surface area contributed by atoms with Crippen molar-refractivity contribution in [3.63, 3.8) is 0 Å². The second-order valence-electron chi connectivity index (χ2n) is 7.10. The second-order valence-corrected chi connectivity index (χ2v) is 8.97. The number of hydrogen-bond acceptors (Lipinski definition) is 5. The van der Waals surface area contributed by atoms with Crippen LogP contribution in [0.4, 0.5) is 10.7 Å². The molecule has 0 radical (unpaired) electrons. The van der Waals surface area contributed by atoms with Crippen LogP contribution in [-0.2, 0) is 4.79 Å². The van der Waals surface area contributed by atoms with E-state index < -0.39 is 0 Å². The van der Waals surface area contributed by atoms with Gasteiger partial charge in [0, 0.05) is 33.3 Å². The maximum Gasteiger partial charge on any atom is 0.206 e. The lowest BCUT2D eigenvalue weighted by atomic mass is 9.80. The minimum absolute atomic E-state index is 0.0455. The highest BCUT2D eigenvalue weighted by atomic mass is 35.5. The summed E-state index contributed by atoms with van der Waals surface area (Å²) in [5.41, 5.74) is 10.2. The zero-order valence-electron chi connectivity index (χ0n) is 16.3. The van der Waals surface area contributed by atoms with E-state index in [-0.39, 0.29) is 17.5 Å². The standard InChI is InChI=1S/C23H18Cl2N2O2S/c1-11-17(12(2)28)18(13-6-4-3-5-7-13)19-20(26)22(30-23(19)27-11)21(29)15-10-14(24)8-9-16(15)25/h3-10,18,27H,26H2,1-2H3/t18-/m1/s1. The average molecular weight is 457 g/mol. The van der Waals surface area contributed by atoms with Crippen LogP contribution in [-0.4, -0.2) is 11.6 Å². The molecule has 3 N–H and O–H groups in total. The molecule has 0 saturated carbocycles. The van der Waals surface area contributed by atoms with Crippen LogP contribution in [0.2, 0.25) is 10.0 Å². The van der Waals surface area contributed by atoms with Gasteiger partial charge >= 0.3 is 0 Å². The minimum Gasteiger partial charge on any atom is -0.397 e. The third kappa shape index (κ3) is 3.43. The van der Waals surface area contributed by atoms with Crippen LogP contribution < -0.4 is 11.1 Å². The molecule has 0 aliphatic carbocycles. The number of fused-ring (bicyclic) bond motifs is 1. The fourth-order valence-corrected chi connectivity index (χ4v) is 5.39. The number of halogens is 2. The number of thiophene rings is 1. The molecule has 0 bridgehead atoms. The monoisotopic (exact) mass is 456 g/mol. The van der Waals surface area contributed by atoms with Gasteiger partial charge in [0.25, 0.3) is 0 Å². The zero-order valence-corrected chi connectivity index (χ0v) is 18.6. The van der Waals surface area contributed by atoms with Gasteiger partial charge in [-0.1, -0.05) is 53.5 Å². The summed E-state index contributed by atoms with van der Waals surface area (Å²) in [7, 11) is 0. The molecule has 2 heterocycles. The summed E-state index contributed by atoms with van der Waals surface area (Å²) < 4.78 is 0. The molecule has 0 spiro atoms. The summed E-state index contributed by atoms with van der Waals surface area (Å²) in [5.74, 6) is -0.696. The first-order valence-electron chi connectivity index (χ1n) is 9.25. The first-order chi connectivity index (χ1) is 14.3. The number of anilines is 2. The van der Waals surface area contributed by atoms with E-state index >= 15 is 0 Å². The molecule has 1 aliphatic heterocycles. The van der Waals surface area contributed by atoms with Gasteiger partial charge in [0.15, 0.2) is 5.78 Å². The van der Waals surface area contributed by atoms with E-state index in [4.69, 9.17) is 28.9 Å². The fourth-order valence-electron chi connectivity index (χ4n) is 3.84. The minimum atomic E-state index is -0.354. The quantitative estimate of drug-likeness (QED) is 0.452. The summed E-state index contributed by atoms with van der Waals surface area (Å²) in [5, 5.41) is 4.75. The molecule has 7 heteroatoms. The van der Waals surface area contributed by atoms with Gasteiger partial charge < -0.3 is 11.1 Å². The Bertz CT molecular complexity index is 1220. The fraction of sp³-hybridized carbons (Fsp3) is 0.130. The van der Waals surface area contributed by atoms with E-state index in [2.05, 4.69) is 5.32 Å². The average Bonchev–Trinajstić information content (AvgIpc) is 3.04. The number of allylic oxidation sites excluding steroid dienone is 2. The van der Waals surface area contributed by atoms with Crippen LogP contribution >= 0.6 is 34.5 Å². The number of nitrogens with one attached hydrogen (secondary N) is 1. The van der Waals surface area contributed by atoms with E-state index in [9.17, 15) is 9.59 Å². The van der Waals surface area contributed by atoms with Crippen LogP contribution in [0.15, 0.2) is 59.8 Å². The molecular formula is C23H18Cl2N2O2S. The van der Waals surface area contributed by atoms with Gasteiger partial charge in [-0.05, 0) is 37.6 Å². The van der Waals surface area contributed by atoms with Crippen LogP contribution in [0, 0.1) is 0 Å². The largest absolute Gasteiger partial charge is 0.397 e. The normalized spacial score (nSPS) is 15.5. The van der Waals surface area contributed by atoms with Gasteiger partial charge in [-0.3, -0.25) is 9.59 Å². The maximum absolute atomic E-state index is 13.3. The molecule has 4 nitrogen and oxygen atoms in total. The van der Waals surface area contributed by atoms with Gasteiger partial charge in [-0.25, -0.2) is 0 Å². The molecule has 4 rings (SSSR count). The molecule has 30 heavy (non-hydrogen) atoms. The molecule has 1 atom stereocenters. The van der Waals surface area contributed by atoms with Crippen molar-refractivity contribution in [1.82, 2.24) is 0 Å². The van der Waals surface area contributed by atoms with Gasteiger partial charge in [0.2, 0.25) is 5.78 Å². The third-order valence-electron chi connectivity index (χ3n) is 5.16. The summed E-state index contributed by atoms with van der Waals surface area (Å²) >= 11 is 13.6. The van der Waals surface area contributed by atoms with Crippen molar-refractivity contribution in [2.75, 3.05) is 11.1 Å². The van der Waals surface area contributed by atoms with E-state index in [0.29, 0.717) is 31.7 Å². The SMILES string of the molecule is CC(=O)C1=C(C)Nc2sc(C(=O)c3cc(Cl)ccc3Cl)c(N)c2[C@@H]1c1ccccc1. The van der Waals surface area contributed by atoms with E-state index in [1.54, 1.807) is 19.1 Å². The van der Waals surface area contributed by atoms with Crippen LogP contribution in [0.25, 0.3) is 0 Å². The van der Waals surface area contributed by atoms with Crippen LogP contribution in [0.3, 0.4) is 0 Å². The number of ketones is 2. The number of nitrogens with two attached hydrogens (primary N) is 1. The number of Topliss-reactive ketones (excluding diaryl/α,β-unsaturated/α-hetero) is 1. The second kappa shape index (κ2) is 7.91. The molecule has 0 unspecified atom stereocenters. The lowest BCUT2D eigenvalue weighted by Gasteiger charge is -2.28. The maximum atomic E-state index is 13.3. The summed E-state index contributed by atoms with van der Waals surface area (Å²) in [4.78, 5) is 26.2. The Balaban J connectivity index is 1.91. The van der Waals surface area contributed by atoms with Crippen molar-refractivity contribution in [2.45, 2.75) is 19.8 Å². The molecule has 3 aromatic rings. The van der Waals surface area contributed by atoms with Crippen molar-refractivity contribution >= 4 is 56.8 Å². The van der Waals surface area contributed by atoms with Crippen molar-refractivity contribution in [2.24, 2.45) is 0 Å². The summed E-state index contributed by atoms with van der Waals surface area (Å²) in [6.45, 7) is 3.41. The smallest absolute Gasteiger partial charge is 0.206 e. The zero-order chi connectivity index (χ0) is 21.6. The molecule has 0 amide bonds. The first-order valence-corrected chi connectivity index (χ1v) is 10.8. The molecule has 0 fully saturated rings. The van der Waals surface area contributed by atoms with E-state index in [0.717, 1.165) is 21.8 Å². The Morgan fingerprint density at radius 3 is 2.47 bits per heavy atom. The van der Waals surface area contributed by atoms with Crippen LogP contribution in [0.1, 0.15) is 46.1 Å². The van der Waals surface area contributed by atoms with Crippen molar-refractivity contribution in [3.05, 3.63) is 91.4 Å². The van der Waals surface area contributed by atoms with E-state index in [1.165, 1.54) is 17.4 Å². The predicted molar refractivity (Wildman–Crippen MR) is 124 cm³/mol. The van der Waals surface area contributed by atoms with Crippen molar-refractivity contribution in [3.8, 4) is 0 Å². The molecule has 1 aliphatic rings. The molecule has 152 valence electrons. The van der Waals surface area contributed by atoms with Crippen molar-refractivity contribution < 1.29 is 9.59 Å². The Hall–Kier alpha value is -2.60. The molecule has 2 aromatic carbocycles.